The minimum absolute atomic E-state index is 0.141. The summed E-state index contributed by atoms with van der Waals surface area (Å²) in [4.78, 5) is 15.3. The minimum atomic E-state index is -0.141. The van der Waals surface area contributed by atoms with E-state index >= 15 is 0 Å². The minimum Gasteiger partial charge on any atom is -0.494 e. The Kier molecular flexibility index (Phi) is 6.57. The standard InChI is InChI=1S/C27H23N3O3S2/c1-3-32-23-12-11-19(14-18(23)2)25-20(16-30(28-25)21-8-5-4-6-9-21)15-24-26(31)29(27(34)35-24)17-22-10-7-13-33-22/h4-16H,3,17H2,1-2H3. The molecule has 0 radical (unpaired) electrons. The second kappa shape index (κ2) is 9.93. The van der Waals surface area contributed by atoms with Crippen molar-refractivity contribution < 1.29 is 13.9 Å². The Bertz CT molecular complexity index is 1410. The van der Waals surface area contributed by atoms with E-state index in [1.54, 1.807) is 17.2 Å². The molecule has 0 N–H and O–H groups in total. The second-order valence-corrected chi connectivity index (χ2v) is 9.65. The van der Waals surface area contributed by atoms with Crippen LogP contribution in [0.2, 0.25) is 0 Å². The molecule has 1 amide bonds. The van der Waals surface area contributed by atoms with Crippen LogP contribution in [0.1, 0.15) is 23.8 Å². The van der Waals surface area contributed by atoms with E-state index in [9.17, 15) is 4.79 Å². The van der Waals surface area contributed by atoms with Crippen molar-refractivity contribution >= 4 is 40.3 Å². The van der Waals surface area contributed by atoms with E-state index in [4.69, 9.17) is 26.5 Å². The number of hydrogen-bond donors (Lipinski definition) is 0. The van der Waals surface area contributed by atoms with Crippen LogP contribution < -0.4 is 4.74 Å². The number of aryl methyl sites for hydroxylation is 1. The fourth-order valence-electron chi connectivity index (χ4n) is 3.88. The van der Waals surface area contributed by atoms with Crippen LogP contribution in [0, 0.1) is 6.92 Å². The van der Waals surface area contributed by atoms with Crippen molar-refractivity contribution in [2.45, 2.75) is 20.4 Å². The fourth-order valence-corrected chi connectivity index (χ4v) is 5.13. The molecule has 1 aliphatic rings. The molecule has 1 saturated heterocycles. The summed E-state index contributed by atoms with van der Waals surface area (Å²) in [6, 6.07) is 19.5. The third kappa shape index (κ3) is 4.80. The monoisotopic (exact) mass is 501 g/mol. The zero-order valence-electron chi connectivity index (χ0n) is 19.3. The number of thioether (sulfide) groups is 1. The number of rotatable bonds is 7. The van der Waals surface area contributed by atoms with Crippen LogP contribution in [0.4, 0.5) is 0 Å². The predicted molar refractivity (Wildman–Crippen MR) is 142 cm³/mol. The quantitative estimate of drug-likeness (QED) is 0.221. The fraction of sp³-hybridized carbons (Fsp3) is 0.148. The summed E-state index contributed by atoms with van der Waals surface area (Å²) in [5.74, 6) is 1.39. The number of carbonyl (C=O) groups excluding carboxylic acids is 1. The average Bonchev–Trinajstić information content (AvgIpc) is 3.59. The third-order valence-corrected chi connectivity index (χ3v) is 6.94. The highest BCUT2D eigenvalue weighted by molar-refractivity contribution is 8.26. The molecule has 0 aliphatic carbocycles. The molecule has 2 aromatic carbocycles. The summed E-state index contributed by atoms with van der Waals surface area (Å²) in [7, 11) is 0. The number of hydrogen-bond acceptors (Lipinski definition) is 6. The van der Waals surface area contributed by atoms with E-state index in [2.05, 4.69) is 6.07 Å². The molecule has 0 bridgehead atoms. The van der Waals surface area contributed by atoms with Crippen molar-refractivity contribution in [1.29, 1.82) is 0 Å². The molecule has 4 aromatic rings. The first-order valence-electron chi connectivity index (χ1n) is 11.2. The lowest BCUT2D eigenvalue weighted by atomic mass is 10.0. The van der Waals surface area contributed by atoms with Crippen LogP contribution in [0.5, 0.6) is 5.75 Å². The predicted octanol–water partition coefficient (Wildman–Crippen LogP) is 6.24. The molecule has 6 nitrogen and oxygen atoms in total. The average molecular weight is 502 g/mol. The van der Waals surface area contributed by atoms with E-state index in [1.807, 2.05) is 79.3 Å². The largest absolute Gasteiger partial charge is 0.494 e. The van der Waals surface area contributed by atoms with Crippen LogP contribution in [0.3, 0.4) is 0 Å². The van der Waals surface area contributed by atoms with Crippen LogP contribution in [-0.2, 0) is 11.3 Å². The summed E-state index contributed by atoms with van der Waals surface area (Å²) in [6.45, 7) is 4.90. The number of thiocarbonyl (C=S) groups is 1. The van der Waals surface area contributed by atoms with Gasteiger partial charge in [-0.05, 0) is 68.0 Å². The van der Waals surface area contributed by atoms with Gasteiger partial charge in [0.2, 0.25) is 0 Å². The number of aromatic nitrogens is 2. The van der Waals surface area contributed by atoms with Crippen LogP contribution in [-0.4, -0.2) is 31.5 Å². The Hall–Kier alpha value is -3.62. The first-order chi connectivity index (χ1) is 17.0. The van der Waals surface area contributed by atoms with Gasteiger partial charge in [-0.15, -0.1) is 0 Å². The summed E-state index contributed by atoms with van der Waals surface area (Å²) in [5.41, 5.74) is 4.50. The van der Waals surface area contributed by atoms with Gasteiger partial charge in [0.15, 0.2) is 0 Å². The maximum Gasteiger partial charge on any atom is 0.266 e. The summed E-state index contributed by atoms with van der Waals surface area (Å²) in [5, 5.41) is 4.88. The normalized spacial score (nSPS) is 14.8. The number of ether oxygens (including phenoxy) is 1. The van der Waals surface area contributed by atoms with Gasteiger partial charge in [0, 0.05) is 17.3 Å². The summed E-state index contributed by atoms with van der Waals surface area (Å²) in [6.07, 6.45) is 5.40. The van der Waals surface area contributed by atoms with Gasteiger partial charge >= 0.3 is 0 Å². The lowest BCUT2D eigenvalue weighted by molar-refractivity contribution is -0.122. The van der Waals surface area contributed by atoms with Crippen LogP contribution >= 0.6 is 24.0 Å². The van der Waals surface area contributed by atoms with Crippen LogP contribution in [0.15, 0.2) is 82.4 Å². The van der Waals surface area contributed by atoms with Gasteiger partial charge in [-0.1, -0.05) is 42.2 Å². The van der Waals surface area contributed by atoms with Gasteiger partial charge in [-0.25, -0.2) is 4.68 Å². The SMILES string of the molecule is CCOc1ccc(-c2nn(-c3ccccc3)cc2C=C2SC(=S)N(Cc3ccco3)C2=O)cc1C. The van der Waals surface area contributed by atoms with Gasteiger partial charge in [-0.2, -0.15) is 5.10 Å². The zero-order valence-corrected chi connectivity index (χ0v) is 20.9. The molecule has 1 fully saturated rings. The Morgan fingerprint density at radius 3 is 2.69 bits per heavy atom. The summed E-state index contributed by atoms with van der Waals surface area (Å²) >= 11 is 6.79. The Morgan fingerprint density at radius 2 is 1.97 bits per heavy atom. The van der Waals surface area contributed by atoms with Gasteiger partial charge in [0.05, 0.1) is 30.0 Å². The molecule has 0 saturated carbocycles. The highest BCUT2D eigenvalue weighted by Crippen LogP contribution is 2.36. The first-order valence-corrected chi connectivity index (χ1v) is 12.4. The Balaban J connectivity index is 1.54. The zero-order chi connectivity index (χ0) is 24.4. The third-order valence-electron chi connectivity index (χ3n) is 5.57. The van der Waals surface area contributed by atoms with Gasteiger partial charge in [0.25, 0.3) is 5.91 Å². The smallest absolute Gasteiger partial charge is 0.266 e. The first kappa shape index (κ1) is 23.1. The number of furan rings is 1. The molecule has 5 rings (SSSR count). The molecule has 0 atom stereocenters. The molecule has 8 heteroatoms. The van der Waals surface area contributed by atoms with Crippen molar-refractivity contribution in [1.82, 2.24) is 14.7 Å². The van der Waals surface area contributed by atoms with Crippen molar-refractivity contribution in [3.05, 3.63) is 94.9 Å². The van der Waals surface area contributed by atoms with Gasteiger partial charge in [0.1, 0.15) is 21.5 Å². The highest BCUT2D eigenvalue weighted by Gasteiger charge is 2.33. The van der Waals surface area contributed by atoms with E-state index in [1.165, 1.54) is 11.8 Å². The lowest BCUT2D eigenvalue weighted by Gasteiger charge is -2.12. The van der Waals surface area contributed by atoms with Crippen molar-refractivity contribution in [2.24, 2.45) is 0 Å². The number of amides is 1. The highest BCUT2D eigenvalue weighted by atomic mass is 32.2. The maximum atomic E-state index is 13.2. The Labute approximate surface area is 213 Å². The van der Waals surface area contributed by atoms with E-state index < -0.39 is 0 Å². The second-order valence-electron chi connectivity index (χ2n) is 7.97. The number of carbonyl (C=O) groups is 1. The van der Waals surface area contributed by atoms with E-state index in [0.717, 1.165) is 33.8 Å². The molecule has 1 aliphatic heterocycles. The van der Waals surface area contributed by atoms with Crippen molar-refractivity contribution in [3.8, 4) is 22.7 Å². The molecule has 0 spiro atoms. The van der Waals surface area contributed by atoms with Crippen molar-refractivity contribution in [2.75, 3.05) is 6.61 Å². The summed E-state index contributed by atoms with van der Waals surface area (Å²) < 4.78 is 13.5. The number of para-hydroxylation sites is 1. The van der Waals surface area contributed by atoms with Gasteiger partial charge < -0.3 is 9.15 Å². The van der Waals surface area contributed by atoms with E-state index in [-0.39, 0.29) is 5.91 Å². The maximum absolute atomic E-state index is 13.2. The van der Waals surface area contributed by atoms with E-state index in [0.29, 0.717) is 28.1 Å². The molecule has 2 aromatic heterocycles. The molecular weight excluding hydrogens is 478 g/mol. The molecule has 176 valence electrons. The molecule has 35 heavy (non-hydrogen) atoms. The lowest BCUT2D eigenvalue weighted by Crippen LogP contribution is -2.27. The molecular formula is C27H23N3O3S2. The van der Waals surface area contributed by atoms with Crippen molar-refractivity contribution in [3.63, 3.8) is 0 Å². The molecule has 0 unspecified atom stereocenters. The topological polar surface area (TPSA) is 60.5 Å². The van der Waals surface area contributed by atoms with Crippen LogP contribution in [0.25, 0.3) is 23.0 Å². The number of benzene rings is 2. The van der Waals surface area contributed by atoms with Gasteiger partial charge in [-0.3, -0.25) is 9.69 Å². The number of nitrogens with zero attached hydrogens (tertiary/aromatic N) is 3. The Morgan fingerprint density at radius 1 is 1.14 bits per heavy atom. The molecule has 3 heterocycles.